The van der Waals surface area contributed by atoms with Crippen LogP contribution in [0.4, 0.5) is 0 Å². The molecule has 150 valence electrons. The predicted molar refractivity (Wildman–Crippen MR) is 103 cm³/mol. The van der Waals surface area contributed by atoms with E-state index in [0.29, 0.717) is 41.6 Å². The number of amides is 1. The maximum atomic E-state index is 12.9. The van der Waals surface area contributed by atoms with Crippen molar-refractivity contribution in [1.29, 1.82) is 0 Å². The summed E-state index contributed by atoms with van der Waals surface area (Å²) in [5, 5.41) is 9.00. The van der Waals surface area contributed by atoms with Crippen LogP contribution in [-0.2, 0) is 0 Å². The third kappa shape index (κ3) is 3.28. The predicted octanol–water partition coefficient (Wildman–Crippen LogP) is 3.08. The molecule has 2 aliphatic rings. The number of methoxy groups -OCH3 is 1. The molecule has 1 aliphatic heterocycles. The number of rotatable bonds is 4. The van der Waals surface area contributed by atoms with Crippen LogP contribution in [0.15, 0.2) is 37.9 Å². The zero-order valence-corrected chi connectivity index (χ0v) is 16.1. The molecule has 8 nitrogen and oxygen atoms in total. The topological polar surface area (TPSA) is 98.7 Å². The van der Waals surface area contributed by atoms with Gasteiger partial charge in [0.25, 0.3) is 5.91 Å². The quantitative estimate of drug-likeness (QED) is 0.626. The van der Waals surface area contributed by atoms with Gasteiger partial charge in [0.15, 0.2) is 11.3 Å². The van der Waals surface area contributed by atoms with Gasteiger partial charge < -0.3 is 18.5 Å². The molecule has 5 rings (SSSR count). The van der Waals surface area contributed by atoms with E-state index in [2.05, 4.69) is 10.2 Å². The number of carbonyl (C=O) groups is 1. The van der Waals surface area contributed by atoms with Crippen LogP contribution in [0.5, 0.6) is 5.75 Å². The lowest BCUT2D eigenvalue weighted by Crippen LogP contribution is -2.39. The van der Waals surface area contributed by atoms with Crippen LogP contribution >= 0.6 is 0 Å². The number of likely N-dealkylation sites (tertiary alicyclic amines) is 1. The van der Waals surface area contributed by atoms with E-state index in [1.165, 1.54) is 7.11 Å². The standard InChI is InChI=1S/C21H21N3O5/c1-27-16-4-2-3-14-11-15(21(26)28-17(14)16)20(25)24-9-7-13(8-10-24)19-23-22-18(29-19)12-5-6-12/h2-4,11-13H,5-10H2,1H3. The molecule has 2 fully saturated rings. The fourth-order valence-corrected chi connectivity index (χ4v) is 3.83. The van der Waals surface area contributed by atoms with Gasteiger partial charge in [-0.05, 0) is 37.8 Å². The van der Waals surface area contributed by atoms with Crippen molar-refractivity contribution in [1.82, 2.24) is 15.1 Å². The van der Waals surface area contributed by atoms with Crippen LogP contribution in [0, 0.1) is 0 Å². The fourth-order valence-electron chi connectivity index (χ4n) is 3.83. The summed E-state index contributed by atoms with van der Waals surface area (Å²) in [7, 11) is 1.51. The van der Waals surface area contributed by atoms with Gasteiger partial charge in [0.2, 0.25) is 11.8 Å². The van der Waals surface area contributed by atoms with Crippen LogP contribution in [0.2, 0.25) is 0 Å². The number of piperidine rings is 1. The Labute approximate surface area is 166 Å². The summed E-state index contributed by atoms with van der Waals surface area (Å²) in [6, 6.07) is 6.87. The molecule has 0 unspecified atom stereocenters. The monoisotopic (exact) mass is 395 g/mol. The molecular formula is C21H21N3O5. The van der Waals surface area contributed by atoms with Gasteiger partial charge >= 0.3 is 5.63 Å². The zero-order valence-electron chi connectivity index (χ0n) is 16.1. The Kier molecular flexibility index (Phi) is 4.34. The molecule has 0 spiro atoms. The summed E-state index contributed by atoms with van der Waals surface area (Å²) >= 11 is 0. The SMILES string of the molecule is COc1cccc2cc(C(=O)N3CCC(c4nnc(C5CC5)o4)CC3)c(=O)oc12. The molecule has 1 saturated heterocycles. The first kappa shape index (κ1) is 17.9. The van der Waals surface area contributed by atoms with Gasteiger partial charge in [-0.1, -0.05) is 12.1 Å². The van der Waals surface area contributed by atoms with Gasteiger partial charge in [-0.15, -0.1) is 10.2 Å². The first-order valence-corrected chi connectivity index (χ1v) is 9.87. The van der Waals surface area contributed by atoms with Gasteiger partial charge in [-0.3, -0.25) is 4.79 Å². The average Bonchev–Trinajstić information content (AvgIpc) is 3.49. The van der Waals surface area contributed by atoms with Crippen LogP contribution in [0.25, 0.3) is 11.0 Å². The van der Waals surface area contributed by atoms with Crippen molar-refractivity contribution in [3.05, 3.63) is 52.0 Å². The highest BCUT2D eigenvalue weighted by atomic mass is 16.5. The molecule has 8 heteroatoms. The summed E-state index contributed by atoms with van der Waals surface area (Å²) < 4.78 is 16.4. The number of fused-ring (bicyclic) bond motifs is 1. The lowest BCUT2D eigenvalue weighted by Gasteiger charge is -2.30. The lowest BCUT2D eigenvalue weighted by molar-refractivity contribution is 0.0702. The second-order valence-corrected chi connectivity index (χ2v) is 7.65. The number of para-hydroxylation sites is 1. The summed E-state index contributed by atoms with van der Waals surface area (Å²) in [5.41, 5.74) is -0.267. The Balaban J connectivity index is 1.32. The van der Waals surface area contributed by atoms with E-state index in [1.807, 2.05) is 0 Å². The summed E-state index contributed by atoms with van der Waals surface area (Å²) in [4.78, 5) is 27.1. The molecule has 29 heavy (non-hydrogen) atoms. The van der Waals surface area contributed by atoms with E-state index in [0.717, 1.165) is 31.6 Å². The first-order valence-electron chi connectivity index (χ1n) is 9.87. The maximum absolute atomic E-state index is 12.9. The summed E-state index contributed by atoms with van der Waals surface area (Å²) in [6.45, 7) is 1.06. The molecule has 1 saturated carbocycles. The number of carbonyl (C=O) groups excluding carboxylic acids is 1. The van der Waals surface area contributed by atoms with Gasteiger partial charge in [-0.2, -0.15) is 0 Å². The fraction of sp³-hybridized carbons (Fsp3) is 0.429. The molecule has 1 aromatic carbocycles. The Morgan fingerprint density at radius 3 is 2.41 bits per heavy atom. The number of benzene rings is 1. The third-order valence-electron chi connectivity index (χ3n) is 5.69. The molecule has 3 heterocycles. The molecule has 0 atom stereocenters. The molecular weight excluding hydrogens is 374 g/mol. The molecule has 1 aliphatic carbocycles. The largest absolute Gasteiger partial charge is 0.493 e. The molecule has 2 aromatic heterocycles. The van der Waals surface area contributed by atoms with E-state index >= 15 is 0 Å². The smallest absolute Gasteiger partial charge is 0.349 e. The van der Waals surface area contributed by atoms with Gasteiger partial charge in [0.1, 0.15) is 5.56 Å². The van der Waals surface area contributed by atoms with Crippen molar-refractivity contribution >= 4 is 16.9 Å². The minimum absolute atomic E-state index is 0.0398. The van der Waals surface area contributed by atoms with Crippen LogP contribution in [-0.4, -0.2) is 41.2 Å². The second kappa shape index (κ2) is 7.02. The van der Waals surface area contributed by atoms with Crippen molar-refractivity contribution in [3.8, 4) is 5.75 Å². The van der Waals surface area contributed by atoms with Crippen molar-refractivity contribution in [2.24, 2.45) is 0 Å². The van der Waals surface area contributed by atoms with E-state index in [1.54, 1.807) is 29.2 Å². The lowest BCUT2D eigenvalue weighted by atomic mass is 9.96. The normalized spacial score (nSPS) is 17.6. The summed E-state index contributed by atoms with van der Waals surface area (Å²) in [6.07, 6.45) is 3.69. The highest BCUT2D eigenvalue weighted by molar-refractivity contribution is 5.97. The number of hydrogen-bond acceptors (Lipinski definition) is 7. The van der Waals surface area contributed by atoms with Crippen molar-refractivity contribution in [3.63, 3.8) is 0 Å². The molecule has 0 radical (unpaired) electrons. The minimum atomic E-state index is -0.653. The van der Waals surface area contributed by atoms with Crippen molar-refractivity contribution in [2.75, 3.05) is 20.2 Å². The average molecular weight is 395 g/mol. The van der Waals surface area contributed by atoms with Crippen molar-refractivity contribution in [2.45, 2.75) is 37.5 Å². The zero-order chi connectivity index (χ0) is 20.0. The van der Waals surface area contributed by atoms with Crippen LogP contribution in [0.1, 0.15) is 59.7 Å². The van der Waals surface area contributed by atoms with E-state index < -0.39 is 5.63 Å². The minimum Gasteiger partial charge on any atom is -0.493 e. The number of hydrogen-bond donors (Lipinski definition) is 0. The molecule has 0 bridgehead atoms. The van der Waals surface area contributed by atoms with Gasteiger partial charge in [0.05, 0.1) is 7.11 Å². The number of ether oxygens (including phenoxy) is 1. The van der Waals surface area contributed by atoms with E-state index in [9.17, 15) is 9.59 Å². The van der Waals surface area contributed by atoms with Crippen molar-refractivity contribution < 1.29 is 18.4 Å². The number of nitrogens with zero attached hydrogens (tertiary/aromatic N) is 3. The van der Waals surface area contributed by atoms with Gasteiger partial charge in [-0.25, -0.2) is 4.79 Å². The number of aromatic nitrogens is 2. The van der Waals surface area contributed by atoms with Crippen LogP contribution in [0.3, 0.4) is 0 Å². The van der Waals surface area contributed by atoms with Crippen LogP contribution < -0.4 is 10.4 Å². The first-order chi connectivity index (χ1) is 14.1. The summed E-state index contributed by atoms with van der Waals surface area (Å²) in [5.74, 6) is 2.13. The van der Waals surface area contributed by atoms with E-state index in [-0.39, 0.29) is 17.4 Å². The molecule has 3 aromatic rings. The maximum Gasteiger partial charge on any atom is 0.349 e. The van der Waals surface area contributed by atoms with E-state index in [4.69, 9.17) is 13.6 Å². The Hall–Kier alpha value is -3.16. The van der Waals surface area contributed by atoms with Gasteiger partial charge in [0, 0.05) is 30.3 Å². The second-order valence-electron chi connectivity index (χ2n) is 7.65. The Morgan fingerprint density at radius 2 is 1.76 bits per heavy atom. The third-order valence-corrected chi connectivity index (χ3v) is 5.69. The highest BCUT2D eigenvalue weighted by Crippen LogP contribution is 2.40. The Bertz CT molecular complexity index is 1120. The Morgan fingerprint density at radius 1 is 1.07 bits per heavy atom. The molecule has 1 amide bonds. The highest BCUT2D eigenvalue weighted by Gasteiger charge is 2.33. The molecule has 0 N–H and O–H groups in total.